The SMILES string of the molecule is CCC(c1nnnn1C1CCCCC1)N1CCN(Cc2ccccc2)CC1. The quantitative estimate of drug-likeness (QED) is 0.782. The van der Waals surface area contributed by atoms with E-state index in [-0.39, 0.29) is 0 Å². The Kier molecular flexibility index (Phi) is 6.14. The zero-order chi connectivity index (χ0) is 18.5. The third-order valence-electron chi connectivity index (χ3n) is 6.22. The summed E-state index contributed by atoms with van der Waals surface area (Å²) in [5, 5.41) is 12.9. The number of hydrogen-bond acceptors (Lipinski definition) is 5. The molecule has 146 valence electrons. The van der Waals surface area contributed by atoms with E-state index in [1.54, 1.807) is 0 Å². The molecule has 1 unspecified atom stereocenters. The van der Waals surface area contributed by atoms with Crippen LogP contribution in [0.1, 0.15) is 68.9 Å². The lowest BCUT2D eigenvalue weighted by Gasteiger charge is -2.39. The van der Waals surface area contributed by atoms with Crippen LogP contribution in [0.2, 0.25) is 0 Å². The van der Waals surface area contributed by atoms with Crippen molar-refractivity contribution in [1.82, 2.24) is 30.0 Å². The van der Waals surface area contributed by atoms with E-state index in [1.807, 2.05) is 0 Å². The van der Waals surface area contributed by atoms with Crippen LogP contribution in [0.25, 0.3) is 0 Å². The lowest BCUT2D eigenvalue weighted by molar-refractivity contribution is 0.0827. The fraction of sp³-hybridized carbons (Fsp3) is 0.667. The standard InChI is InChI=1S/C21H32N6/c1-2-20(21-22-23-24-27(21)19-11-7-4-8-12-19)26-15-13-25(14-16-26)17-18-9-5-3-6-10-18/h3,5-6,9-10,19-20H,2,4,7-8,11-17H2,1H3. The van der Waals surface area contributed by atoms with Crippen molar-refractivity contribution in [1.29, 1.82) is 0 Å². The van der Waals surface area contributed by atoms with Gasteiger partial charge in [0.1, 0.15) is 0 Å². The number of rotatable bonds is 6. The van der Waals surface area contributed by atoms with Gasteiger partial charge in [-0.2, -0.15) is 0 Å². The Balaban J connectivity index is 1.39. The molecule has 1 aromatic carbocycles. The van der Waals surface area contributed by atoms with E-state index < -0.39 is 0 Å². The summed E-state index contributed by atoms with van der Waals surface area (Å²) < 4.78 is 2.16. The molecular weight excluding hydrogens is 336 g/mol. The molecule has 0 spiro atoms. The summed E-state index contributed by atoms with van der Waals surface area (Å²) in [6.07, 6.45) is 7.47. The monoisotopic (exact) mass is 368 g/mol. The van der Waals surface area contributed by atoms with Gasteiger partial charge in [0.25, 0.3) is 0 Å². The number of hydrogen-bond donors (Lipinski definition) is 0. The van der Waals surface area contributed by atoms with Crippen molar-refractivity contribution in [2.24, 2.45) is 0 Å². The minimum atomic E-state index is 0.334. The van der Waals surface area contributed by atoms with Crippen molar-refractivity contribution in [3.05, 3.63) is 41.7 Å². The van der Waals surface area contributed by atoms with Gasteiger partial charge < -0.3 is 0 Å². The van der Waals surface area contributed by atoms with Crippen LogP contribution >= 0.6 is 0 Å². The number of tetrazole rings is 1. The molecule has 0 radical (unpaired) electrons. The summed E-state index contributed by atoms with van der Waals surface area (Å²) in [6.45, 7) is 7.70. The van der Waals surface area contributed by atoms with Crippen LogP contribution in [0, 0.1) is 0 Å². The Hall–Kier alpha value is -1.79. The van der Waals surface area contributed by atoms with Gasteiger partial charge in [-0.3, -0.25) is 9.80 Å². The van der Waals surface area contributed by atoms with Gasteiger partial charge in [-0.25, -0.2) is 4.68 Å². The Morgan fingerprint density at radius 3 is 2.44 bits per heavy atom. The van der Waals surface area contributed by atoms with Gasteiger partial charge in [0.05, 0.1) is 12.1 Å². The van der Waals surface area contributed by atoms with Crippen LogP contribution in [0.15, 0.2) is 30.3 Å². The fourth-order valence-corrected chi connectivity index (χ4v) is 4.68. The lowest BCUT2D eigenvalue weighted by Crippen LogP contribution is -2.47. The maximum absolute atomic E-state index is 4.47. The fourth-order valence-electron chi connectivity index (χ4n) is 4.68. The molecule has 6 heteroatoms. The Labute approximate surface area is 162 Å². The summed E-state index contributed by atoms with van der Waals surface area (Å²) in [6, 6.07) is 11.6. The maximum Gasteiger partial charge on any atom is 0.168 e. The Morgan fingerprint density at radius 2 is 1.74 bits per heavy atom. The van der Waals surface area contributed by atoms with Crippen molar-refractivity contribution in [3.63, 3.8) is 0 Å². The summed E-state index contributed by atoms with van der Waals surface area (Å²) in [4.78, 5) is 5.15. The summed E-state index contributed by atoms with van der Waals surface area (Å²) in [5.41, 5.74) is 1.40. The van der Waals surface area contributed by atoms with E-state index in [0.29, 0.717) is 12.1 Å². The smallest absolute Gasteiger partial charge is 0.168 e. The van der Waals surface area contributed by atoms with Gasteiger partial charge in [0.15, 0.2) is 5.82 Å². The second kappa shape index (κ2) is 8.93. The van der Waals surface area contributed by atoms with Gasteiger partial charge >= 0.3 is 0 Å². The van der Waals surface area contributed by atoms with Crippen molar-refractivity contribution in [3.8, 4) is 0 Å². The molecular formula is C21H32N6. The van der Waals surface area contributed by atoms with Crippen molar-refractivity contribution in [2.75, 3.05) is 26.2 Å². The third kappa shape index (κ3) is 4.38. The highest BCUT2D eigenvalue weighted by Gasteiger charge is 2.30. The highest BCUT2D eigenvalue weighted by atomic mass is 15.6. The topological polar surface area (TPSA) is 50.1 Å². The molecule has 0 amide bonds. The zero-order valence-electron chi connectivity index (χ0n) is 16.5. The largest absolute Gasteiger partial charge is 0.297 e. The van der Waals surface area contributed by atoms with E-state index >= 15 is 0 Å². The van der Waals surface area contributed by atoms with Gasteiger partial charge in [-0.1, -0.05) is 56.5 Å². The molecule has 1 aliphatic heterocycles. The minimum absolute atomic E-state index is 0.334. The molecule has 2 aromatic rings. The van der Waals surface area contributed by atoms with Crippen LogP contribution in [-0.4, -0.2) is 56.2 Å². The Morgan fingerprint density at radius 1 is 1.00 bits per heavy atom. The van der Waals surface area contributed by atoms with Gasteiger partial charge in [0, 0.05) is 32.7 Å². The normalized spacial score (nSPS) is 21.4. The Bertz CT molecular complexity index is 686. The number of piperazine rings is 1. The first-order valence-corrected chi connectivity index (χ1v) is 10.6. The predicted molar refractivity (Wildman–Crippen MR) is 106 cm³/mol. The van der Waals surface area contributed by atoms with Gasteiger partial charge in [0.2, 0.25) is 0 Å². The first-order valence-electron chi connectivity index (χ1n) is 10.6. The van der Waals surface area contributed by atoms with Crippen molar-refractivity contribution in [2.45, 2.75) is 64.1 Å². The molecule has 27 heavy (non-hydrogen) atoms. The van der Waals surface area contributed by atoms with Crippen LogP contribution in [0.5, 0.6) is 0 Å². The summed E-state index contributed by atoms with van der Waals surface area (Å²) >= 11 is 0. The third-order valence-corrected chi connectivity index (χ3v) is 6.22. The number of benzene rings is 1. The lowest BCUT2D eigenvalue weighted by atomic mass is 9.95. The first-order chi connectivity index (χ1) is 13.3. The molecule has 2 aliphatic rings. The summed E-state index contributed by atoms with van der Waals surface area (Å²) in [7, 11) is 0. The molecule has 2 heterocycles. The molecule has 0 bridgehead atoms. The van der Waals surface area contributed by atoms with Gasteiger partial charge in [-0.15, -0.1) is 5.10 Å². The van der Waals surface area contributed by atoms with Crippen LogP contribution in [0.3, 0.4) is 0 Å². The highest BCUT2D eigenvalue weighted by Crippen LogP contribution is 2.31. The second-order valence-corrected chi connectivity index (χ2v) is 8.00. The van der Waals surface area contributed by atoms with Crippen LogP contribution in [-0.2, 0) is 6.54 Å². The zero-order valence-corrected chi connectivity index (χ0v) is 16.5. The van der Waals surface area contributed by atoms with E-state index in [9.17, 15) is 0 Å². The van der Waals surface area contributed by atoms with E-state index in [0.717, 1.165) is 45.0 Å². The highest BCUT2D eigenvalue weighted by molar-refractivity contribution is 5.14. The molecule has 1 aromatic heterocycles. The second-order valence-electron chi connectivity index (χ2n) is 8.00. The molecule has 2 fully saturated rings. The molecule has 1 saturated carbocycles. The predicted octanol–water partition coefficient (Wildman–Crippen LogP) is 3.45. The first kappa shape index (κ1) is 18.6. The van der Waals surface area contributed by atoms with Crippen LogP contribution < -0.4 is 0 Å². The summed E-state index contributed by atoms with van der Waals surface area (Å²) in [5.74, 6) is 1.08. The molecule has 4 rings (SSSR count). The van der Waals surface area contributed by atoms with Crippen LogP contribution in [0.4, 0.5) is 0 Å². The van der Waals surface area contributed by atoms with E-state index in [4.69, 9.17) is 0 Å². The van der Waals surface area contributed by atoms with Crippen molar-refractivity contribution >= 4 is 0 Å². The molecule has 1 saturated heterocycles. The van der Waals surface area contributed by atoms with E-state index in [1.165, 1.54) is 37.7 Å². The number of aromatic nitrogens is 4. The molecule has 0 N–H and O–H groups in total. The molecule has 1 aliphatic carbocycles. The maximum atomic E-state index is 4.47. The van der Waals surface area contributed by atoms with Crippen molar-refractivity contribution < 1.29 is 0 Å². The molecule has 1 atom stereocenters. The van der Waals surface area contributed by atoms with E-state index in [2.05, 4.69) is 67.3 Å². The number of nitrogens with zero attached hydrogens (tertiary/aromatic N) is 6. The average Bonchev–Trinajstić information content (AvgIpc) is 3.21. The van der Waals surface area contributed by atoms with Gasteiger partial charge in [-0.05, 0) is 35.3 Å². The molecule has 6 nitrogen and oxygen atoms in total. The average molecular weight is 369 g/mol. The minimum Gasteiger partial charge on any atom is -0.297 e.